The fourth-order valence-electron chi connectivity index (χ4n) is 1.76. The molecule has 0 fully saturated rings. The Hall–Kier alpha value is -1.79. The lowest BCUT2D eigenvalue weighted by Gasteiger charge is -2.13. The fourth-order valence-corrected chi connectivity index (χ4v) is 3.04. The molecule has 2 aromatic rings. The topological polar surface area (TPSA) is 79.5 Å². The van der Waals surface area contributed by atoms with E-state index in [4.69, 9.17) is 4.42 Å². The molecule has 0 aliphatic rings. The van der Waals surface area contributed by atoms with Gasteiger partial charge in [-0.3, -0.25) is 0 Å². The highest BCUT2D eigenvalue weighted by Gasteiger charge is 2.18. The van der Waals surface area contributed by atoms with Gasteiger partial charge in [0, 0.05) is 12.5 Å². The van der Waals surface area contributed by atoms with Crippen molar-refractivity contribution in [3.63, 3.8) is 0 Å². The van der Waals surface area contributed by atoms with E-state index in [0.29, 0.717) is 12.2 Å². The largest absolute Gasteiger partial charge is 0.508 e. The number of rotatable bonds is 5. The molecular weight excluding hydrogens is 266 g/mol. The summed E-state index contributed by atoms with van der Waals surface area (Å²) in [5.41, 5.74) is 0. The van der Waals surface area contributed by atoms with Gasteiger partial charge in [-0.2, -0.15) is 0 Å². The van der Waals surface area contributed by atoms with Crippen LogP contribution < -0.4 is 4.72 Å². The minimum absolute atomic E-state index is 0.0406. The summed E-state index contributed by atoms with van der Waals surface area (Å²) < 4.78 is 31.8. The minimum Gasteiger partial charge on any atom is -0.508 e. The zero-order valence-corrected chi connectivity index (χ0v) is 11.2. The Kier molecular flexibility index (Phi) is 3.92. The number of benzene rings is 1. The molecule has 0 spiro atoms. The molecule has 2 rings (SSSR count). The first-order valence-corrected chi connectivity index (χ1v) is 7.29. The molecule has 0 radical (unpaired) electrons. The number of phenolic OH excluding ortho intramolecular Hbond substituents is 1. The van der Waals surface area contributed by atoms with Crippen molar-refractivity contribution in [2.24, 2.45) is 0 Å². The van der Waals surface area contributed by atoms with Gasteiger partial charge in [-0.15, -0.1) is 0 Å². The summed E-state index contributed by atoms with van der Waals surface area (Å²) in [6, 6.07) is 8.79. The third kappa shape index (κ3) is 3.59. The Labute approximate surface area is 111 Å². The van der Waals surface area contributed by atoms with Crippen LogP contribution >= 0.6 is 0 Å². The fraction of sp³-hybridized carbons (Fsp3) is 0.231. The Morgan fingerprint density at radius 1 is 1.32 bits per heavy atom. The molecular formula is C13H15NO4S. The van der Waals surface area contributed by atoms with Crippen LogP contribution in [0.5, 0.6) is 5.75 Å². The summed E-state index contributed by atoms with van der Waals surface area (Å²) in [6.45, 7) is 1.75. The molecule has 6 heteroatoms. The van der Waals surface area contributed by atoms with E-state index in [1.807, 2.05) is 0 Å². The summed E-state index contributed by atoms with van der Waals surface area (Å²) >= 11 is 0. The maximum absolute atomic E-state index is 12.1. The number of hydrogen-bond acceptors (Lipinski definition) is 4. The Balaban J connectivity index is 2.09. The van der Waals surface area contributed by atoms with Gasteiger partial charge in [0.15, 0.2) is 0 Å². The molecule has 19 heavy (non-hydrogen) atoms. The Bertz CT molecular complexity index is 634. The molecule has 1 atom stereocenters. The summed E-state index contributed by atoms with van der Waals surface area (Å²) in [5, 5.41) is 9.31. The standard InChI is InChI=1S/C13H15NO4S/c1-10(8-12-5-3-7-18-12)14-19(16,17)13-6-2-4-11(15)9-13/h2-7,9-10,14-15H,8H2,1H3. The smallest absolute Gasteiger partial charge is 0.240 e. The van der Waals surface area contributed by atoms with Crippen LogP contribution in [0.25, 0.3) is 0 Å². The van der Waals surface area contributed by atoms with Crippen molar-refractivity contribution < 1.29 is 17.9 Å². The molecule has 0 amide bonds. The van der Waals surface area contributed by atoms with Crippen molar-refractivity contribution in [3.8, 4) is 5.75 Å². The lowest BCUT2D eigenvalue weighted by Crippen LogP contribution is -2.34. The molecule has 1 heterocycles. The third-order valence-corrected chi connectivity index (χ3v) is 4.16. The van der Waals surface area contributed by atoms with E-state index in [0.717, 1.165) is 0 Å². The van der Waals surface area contributed by atoms with E-state index < -0.39 is 10.0 Å². The van der Waals surface area contributed by atoms with Crippen LogP contribution in [0.1, 0.15) is 12.7 Å². The number of phenols is 1. The van der Waals surface area contributed by atoms with Gasteiger partial charge in [-0.05, 0) is 37.3 Å². The molecule has 0 saturated carbocycles. The zero-order chi connectivity index (χ0) is 13.9. The zero-order valence-electron chi connectivity index (χ0n) is 10.4. The summed E-state index contributed by atoms with van der Waals surface area (Å²) in [5.74, 6) is 0.632. The van der Waals surface area contributed by atoms with Crippen LogP contribution in [0.4, 0.5) is 0 Å². The van der Waals surface area contributed by atoms with Crippen LogP contribution in [-0.2, 0) is 16.4 Å². The Morgan fingerprint density at radius 3 is 2.74 bits per heavy atom. The SMILES string of the molecule is CC(Cc1ccco1)NS(=O)(=O)c1cccc(O)c1. The average Bonchev–Trinajstić information content (AvgIpc) is 2.81. The molecule has 1 aromatic carbocycles. The highest BCUT2D eigenvalue weighted by Crippen LogP contribution is 2.16. The molecule has 102 valence electrons. The quantitative estimate of drug-likeness (QED) is 0.877. The van der Waals surface area contributed by atoms with Crippen molar-refractivity contribution in [3.05, 3.63) is 48.4 Å². The first kappa shape index (κ1) is 13.6. The normalized spacial score (nSPS) is 13.3. The van der Waals surface area contributed by atoms with Gasteiger partial charge in [0.05, 0.1) is 11.2 Å². The third-order valence-electron chi connectivity index (χ3n) is 2.57. The predicted octanol–water partition coefficient (Wildman–Crippen LogP) is 1.89. The lowest BCUT2D eigenvalue weighted by atomic mass is 10.2. The lowest BCUT2D eigenvalue weighted by molar-refractivity contribution is 0.471. The minimum atomic E-state index is -3.64. The maximum Gasteiger partial charge on any atom is 0.240 e. The monoisotopic (exact) mass is 281 g/mol. The van der Waals surface area contributed by atoms with Gasteiger partial charge in [-0.1, -0.05) is 6.07 Å². The highest BCUT2D eigenvalue weighted by atomic mass is 32.2. The van der Waals surface area contributed by atoms with Crippen molar-refractivity contribution in [2.45, 2.75) is 24.3 Å². The van der Waals surface area contributed by atoms with E-state index in [1.165, 1.54) is 24.3 Å². The molecule has 0 aliphatic carbocycles. The molecule has 0 bridgehead atoms. The van der Waals surface area contributed by atoms with Crippen LogP contribution in [0.2, 0.25) is 0 Å². The van der Waals surface area contributed by atoms with E-state index in [2.05, 4.69) is 4.72 Å². The van der Waals surface area contributed by atoms with Crippen molar-refractivity contribution in [1.29, 1.82) is 0 Å². The molecule has 1 unspecified atom stereocenters. The first-order chi connectivity index (χ1) is 8.97. The van der Waals surface area contributed by atoms with E-state index in [1.54, 1.807) is 25.3 Å². The van der Waals surface area contributed by atoms with Gasteiger partial charge >= 0.3 is 0 Å². The Morgan fingerprint density at radius 2 is 2.11 bits per heavy atom. The van der Waals surface area contributed by atoms with E-state index in [-0.39, 0.29) is 16.7 Å². The highest BCUT2D eigenvalue weighted by molar-refractivity contribution is 7.89. The van der Waals surface area contributed by atoms with Gasteiger partial charge in [0.2, 0.25) is 10.0 Å². The number of aromatic hydroxyl groups is 1. The summed E-state index contributed by atoms with van der Waals surface area (Å²) in [6.07, 6.45) is 2.01. The maximum atomic E-state index is 12.1. The second-order valence-corrected chi connectivity index (χ2v) is 6.02. The molecule has 1 aromatic heterocycles. The van der Waals surface area contributed by atoms with Crippen molar-refractivity contribution >= 4 is 10.0 Å². The number of hydrogen-bond donors (Lipinski definition) is 2. The van der Waals surface area contributed by atoms with Crippen LogP contribution in [0, 0.1) is 0 Å². The summed E-state index contributed by atoms with van der Waals surface area (Å²) in [4.78, 5) is 0.0406. The second-order valence-electron chi connectivity index (χ2n) is 4.30. The summed E-state index contributed by atoms with van der Waals surface area (Å²) in [7, 11) is -3.64. The van der Waals surface area contributed by atoms with E-state index in [9.17, 15) is 13.5 Å². The van der Waals surface area contributed by atoms with Gasteiger partial charge in [0.1, 0.15) is 11.5 Å². The van der Waals surface area contributed by atoms with Crippen molar-refractivity contribution in [2.75, 3.05) is 0 Å². The predicted molar refractivity (Wildman–Crippen MR) is 70.3 cm³/mol. The first-order valence-electron chi connectivity index (χ1n) is 5.81. The number of sulfonamides is 1. The van der Waals surface area contributed by atoms with Crippen LogP contribution in [0.3, 0.4) is 0 Å². The van der Waals surface area contributed by atoms with Crippen LogP contribution in [-0.4, -0.2) is 19.6 Å². The molecule has 0 saturated heterocycles. The van der Waals surface area contributed by atoms with Gasteiger partial charge in [0.25, 0.3) is 0 Å². The second kappa shape index (κ2) is 5.46. The molecule has 0 aliphatic heterocycles. The molecule has 5 nitrogen and oxygen atoms in total. The van der Waals surface area contributed by atoms with Crippen LogP contribution in [0.15, 0.2) is 52.0 Å². The number of furan rings is 1. The van der Waals surface area contributed by atoms with Gasteiger partial charge < -0.3 is 9.52 Å². The number of nitrogens with one attached hydrogen (secondary N) is 1. The van der Waals surface area contributed by atoms with E-state index >= 15 is 0 Å². The average molecular weight is 281 g/mol. The van der Waals surface area contributed by atoms with Gasteiger partial charge in [-0.25, -0.2) is 13.1 Å². The van der Waals surface area contributed by atoms with Crippen molar-refractivity contribution in [1.82, 2.24) is 4.72 Å². The molecule has 2 N–H and O–H groups in total.